The summed E-state index contributed by atoms with van der Waals surface area (Å²) >= 11 is 0. The van der Waals surface area contributed by atoms with Gasteiger partial charge >= 0.3 is 11.7 Å². The molecule has 2 aromatic heterocycles. The topological polar surface area (TPSA) is 85.1 Å². The zero-order valence-electron chi connectivity index (χ0n) is 9.70. The fraction of sp³-hybridized carbons (Fsp3) is 0.167. The first kappa shape index (κ1) is 12.0. The fourth-order valence-corrected chi connectivity index (χ4v) is 1.52. The maximum atomic E-state index is 11.6. The molecule has 0 spiro atoms. The summed E-state index contributed by atoms with van der Waals surface area (Å²) in [6.45, 7) is 2.01. The van der Waals surface area contributed by atoms with E-state index in [1.54, 1.807) is 25.3 Å². The Bertz CT molecular complexity index is 649. The second-order valence-electron chi connectivity index (χ2n) is 3.83. The largest absolute Gasteiger partial charge is 0.477 e. The van der Waals surface area contributed by atoms with Crippen LogP contribution in [-0.4, -0.2) is 25.6 Å². The van der Waals surface area contributed by atoms with Crippen LogP contribution in [0.2, 0.25) is 0 Å². The first-order valence-corrected chi connectivity index (χ1v) is 5.28. The first-order valence-electron chi connectivity index (χ1n) is 5.28. The number of nitrogens with zero attached hydrogens (tertiary/aromatic N) is 3. The number of hydrogen-bond donors (Lipinski definition) is 1. The Labute approximate surface area is 103 Å². The third-order valence-electron chi connectivity index (χ3n) is 2.41. The van der Waals surface area contributed by atoms with E-state index >= 15 is 0 Å². The third-order valence-corrected chi connectivity index (χ3v) is 2.41. The molecular weight excluding hydrogens is 234 g/mol. The zero-order chi connectivity index (χ0) is 13.1. The average molecular weight is 245 g/mol. The van der Waals surface area contributed by atoms with Crippen molar-refractivity contribution in [3.05, 3.63) is 58.0 Å². The number of pyridine rings is 1. The molecule has 0 aliphatic rings. The van der Waals surface area contributed by atoms with Gasteiger partial charge in [-0.15, -0.1) is 0 Å². The molecule has 2 rings (SSSR count). The van der Waals surface area contributed by atoms with Gasteiger partial charge in [0, 0.05) is 18.1 Å². The fourth-order valence-electron chi connectivity index (χ4n) is 1.52. The second-order valence-corrected chi connectivity index (χ2v) is 3.83. The van der Waals surface area contributed by atoms with Crippen LogP contribution in [-0.2, 0) is 6.54 Å². The number of carbonyl (C=O) groups is 1. The molecule has 0 radical (unpaired) electrons. The SMILES string of the molecule is Cc1ccn(Cc2ccnc(C(=O)O)c2)c(=O)n1. The van der Waals surface area contributed by atoms with Crippen molar-refractivity contribution in [2.24, 2.45) is 0 Å². The van der Waals surface area contributed by atoms with Gasteiger partial charge in [0.15, 0.2) is 0 Å². The van der Waals surface area contributed by atoms with Crippen molar-refractivity contribution >= 4 is 5.97 Å². The number of aromatic nitrogens is 3. The molecule has 0 aromatic carbocycles. The van der Waals surface area contributed by atoms with E-state index in [9.17, 15) is 9.59 Å². The van der Waals surface area contributed by atoms with E-state index in [0.717, 1.165) is 0 Å². The van der Waals surface area contributed by atoms with Gasteiger partial charge in [-0.05, 0) is 30.7 Å². The molecule has 0 aliphatic carbocycles. The van der Waals surface area contributed by atoms with E-state index in [1.807, 2.05) is 0 Å². The molecule has 0 saturated heterocycles. The molecule has 0 atom stereocenters. The second kappa shape index (κ2) is 4.79. The normalized spacial score (nSPS) is 10.3. The highest BCUT2D eigenvalue weighted by atomic mass is 16.4. The lowest BCUT2D eigenvalue weighted by molar-refractivity contribution is 0.0690. The number of aromatic carboxylic acids is 1. The molecule has 1 N–H and O–H groups in total. The molecule has 0 fully saturated rings. The molecular formula is C12H11N3O3. The number of carboxylic acid groups (broad SMARTS) is 1. The lowest BCUT2D eigenvalue weighted by atomic mass is 10.2. The van der Waals surface area contributed by atoms with Crippen LogP contribution < -0.4 is 5.69 Å². The molecule has 0 amide bonds. The molecule has 0 bridgehead atoms. The smallest absolute Gasteiger partial charge is 0.354 e. The molecule has 0 aliphatic heterocycles. The highest BCUT2D eigenvalue weighted by molar-refractivity contribution is 5.85. The van der Waals surface area contributed by atoms with Gasteiger partial charge in [0.2, 0.25) is 0 Å². The maximum Gasteiger partial charge on any atom is 0.354 e. The van der Waals surface area contributed by atoms with Crippen LogP contribution in [0.25, 0.3) is 0 Å². The van der Waals surface area contributed by atoms with Crippen molar-refractivity contribution in [1.82, 2.24) is 14.5 Å². The third kappa shape index (κ3) is 2.60. The van der Waals surface area contributed by atoms with E-state index < -0.39 is 5.97 Å². The highest BCUT2D eigenvalue weighted by Crippen LogP contribution is 2.03. The van der Waals surface area contributed by atoms with Crippen molar-refractivity contribution in [3.8, 4) is 0 Å². The molecule has 0 unspecified atom stereocenters. The van der Waals surface area contributed by atoms with E-state index in [4.69, 9.17) is 5.11 Å². The Morgan fingerprint density at radius 3 is 2.89 bits per heavy atom. The van der Waals surface area contributed by atoms with Crippen molar-refractivity contribution in [3.63, 3.8) is 0 Å². The summed E-state index contributed by atoms with van der Waals surface area (Å²) < 4.78 is 1.41. The number of hydrogen-bond acceptors (Lipinski definition) is 4. The van der Waals surface area contributed by atoms with Gasteiger partial charge in [-0.3, -0.25) is 4.57 Å². The summed E-state index contributed by atoms with van der Waals surface area (Å²) in [5.74, 6) is -1.09. The summed E-state index contributed by atoms with van der Waals surface area (Å²) in [6, 6.07) is 4.83. The Morgan fingerprint density at radius 2 is 2.22 bits per heavy atom. The molecule has 0 saturated carbocycles. The predicted octanol–water partition coefficient (Wildman–Crippen LogP) is 0.693. The lowest BCUT2D eigenvalue weighted by Crippen LogP contribution is -2.23. The summed E-state index contributed by atoms with van der Waals surface area (Å²) in [7, 11) is 0. The van der Waals surface area contributed by atoms with Crippen LogP contribution in [0.3, 0.4) is 0 Å². The van der Waals surface area contributed by atoms with Gasteiger partial charge in [-0.1, -0.05) is 0 Å². The quantitative estimate of drug-likeness (QED) is 0.860. The molecule has 18 heavy (non-hydrogen) atoms. The van der Waals surface area contributed by atoms with E-state index in [0.29, 0.717) is 11.3 Å². The van der Waals surface area contributed by atoms with Crippen LogP contribution in [0.5, 0.6) is 0 Å². The average Bonchev–Trinajstić information content (AvgIpc) is 2.33. The standard InChI is InChI=1S/C12H11N3O3/c1-8-3-5-15(12(18)14-8)7-9-2-4-13-10(6-9)11(16)17/h2-6H,7H2,1H3,(H,16,17). The van der Waals surface area contributed by atoms with Crippen LogP contribution in [0.4, 0.5) is 0 Å². The molecule has 92 valence electrons. The number of aryl methyl sites for hydroxylation is 1. The van der Waals surface area contributed by atoms with Crippen molar-refractivity contribution in [2.75, 3.05) is 0 Å². The van der Waals surface area contributed by atoms with Gasteiger partial charge in [-0.2, -0.15) is 4.98 Å². The van der Waals surface area contributed by atoms with Crippen LogP contribution in [0.15, 0.2) is 35.4 Å². The molecule has 2 aromatic rings. The predicted molar refractivity (Wildman–Crippen MR) is 63.5 cm³/mol. The minimum atomic E-state index is -1.09. The van der Waals surface area contributed by atoms with Gasteiger partial charge in [0.1, 0.15) is 5.69 Å². The van der Waals surface area contributed by atoms with Crippen LogP contribution >= 0.6 is 0 Å². The van der Waals surface area contributed by atoms with Crippen molar-refractivity contribution < 1.29 is 9.90 Å². The Balaban J connectivity index is 2.31. The molecule has 6 heteroatoms. The van der Waals surface area contributed by atoms with Gasteiger partial charge in [0.25, 0.3) is 0 Å². The Kier molecular flexibility index (Phi) is 3.18. The summed E-state index contributed by atoms with van der Waals surface area (Å²) in [5, 5.41) is 8.82. The number of rotatable bonds is 3. The van der Waals surface area contributed by atoms with Crippen molar-refractivity contribution in [2.45, 2.75) is 13.5 Å². The summed E-state index contributed by atoms with van der Waals surface area (Å²) in [5.41, 5.74) is 0.941. The van der Waals surface area contributed by atoms with Gasteiger partial charge < -0.3 is 5.11 Å². The maximum absolute atomic E-state index is 11.6. The first-order chi connectivity index (χ1) is 8.56. The Hall–Kier alpha value is -2.50. The monoisotopic (exact) mass is 245 g/mol. The minimum Gasteiger partial charge on any atom is -0.477 e. The highest BCUT2D eigenvalue weighted by Gasteiger charge is 2.06. The van der Waals surface area contributed by atoms with E-state index in [-0.39, 0.29) is 17.9 Å². The van der Waals surface area contributed by atoms with Gasteiger partial charge in [0.05, 0.1) is 6.54 Å². The van der Waals surface area contributed by atoms with Crippen LogP contribution in [0, 0.1) is 6.92 Å². The number of carboxylic acids is 1. The van der Waals surface area contributed by atoms with Crippen LogP contribution in [0.1, 0.15) is 21.7 Å². The van der Waals surface area contributed by atoms with E-state index in [2.05, 4.69) is 9.97 Å². The minimum absolute atomic E-state index is 0.0411. The van der Waals surface area contributed by atoms with E-state index in [1.165, 1.54) is 16.8 Å². The molecule has 2 heterocycles. The van der Waals surface area contributed by atoms with Gasteiger partial charge in [-0.25, -0.2) is 14.6 Å². The zero-order valence-corrected chi connectivity index (χ0v) is 9.70. The summed E-state index contributed by atoms with van der Waals surface area (Å²) in [6.07, 6.45) is 3.04. The molecule has 6 nitrogen and oxygen atoms in total. The Morgan fingerprint density at radius 1 is 1.44 bits per heavy atom. The summed E-state index contributed by atoms with van der Waals surface area (Å²) in [4.78, 5) is 29.9. The van der Waals surface area contributed by atoms with Crippen molar-refractivity contribution in [1.29, 1.82) is 0 Å². The lowest BCUT2D eigenvalue weighted by Gasteiger charge is -2.05.